The molecule has 0 radical (unpaired) electrons. The Balaban J connectivity index is 1.67. The molecule has 1 aromatic carbocycles. The fourth-order valence-electron chi connectivity index (χ4n) is 3.70. The van der Waals surface area contributed by atoms with E-state index in [-0.39, 0.29) is 11.5 Å². The van der Waals surface area contributed by atoms with Gasteiger partial charge in [-0.1, -0.05) is 17.7 Å². The van der Waals surface area contributed by atoms with Crippen molar-refractivity contribution < 1.29 is 9.18 Å². The summed E-state index contributed by atoms with van der Waals surface area (Å²) >= 11 is 6.12. The number of nitrogens with one attached hydrogen (secondary N) is 1. The zero-order valence-corrected chi connectivity index (χ0v) is 18.7. The van der Waals surface area contributed by atoms with E-state index in [0.717, 1.165) is 22.1 Å². The Hall–Kier alpha value is -4.23. The van der Waals surface area contributed by atoms with Crippen LogP contribution in [0.4, 0.5) is 10.2 Å². The lowest BCUT2D eigenvalue weighted by Gasteiger charge is -2.11. The van der Waals surface area contributed by atoms with Crippen LogP contribution in [0, 0.1) is 5.82 Å². The Bertz CT molecular complexity index is 1560. The fourth-order valence-corrected chi connectivity index (χ4v) is 3.87. The quantitative estimate of drug-likeness (QED) is 0.340. The topological polar surface area (TPSA) is 80.7 Å². The third-order valence-corrected chi connectivity index (χ3v) is 5.42. The van der Waals surface area contributed by atoms with Crippen molar-refractivity contribution in [3.05, 3.63) is 90.1 Å². The maximum atomic E-state index is 14.6. The van der Waals surface area contributed by atoms with Gasteiger partial charge in [0.15, 0.2) is 5.65 Å². The van der Waals surface area contributed by atoms with Crippen LogP contribution in [-0.2, 0) is 4.79 Å². The van der Waals surface area contributed by atoms with Gasteiger partial charge in [0.2, 0.25) is 5.91 Å². The highest BCUT2D eigenvalue weighted by Gasteiger charge is 2.15. The van der Waals surface area contributed by atoms with Crippen LogP contribution >= 0.6 is 11.6 Å². The van der Waals surface area contributed by atoms with E-state index in [0.29, 0.717) is 27.9 Å². The summed E-state index contributed by atoms with van der Waals surface area (Å²) in [5, 5.41) is 3.90. The molecule has 5 aromatic rings. The van der Waals surface area contributed by atoms with E-state index in [1.807, 2.05) is 30.3 Å². The third kappa shape index (κ3) is 4.33. The number of amides is 1. The van der Waals surface area contributed by atoms with Gasteiger partial charge in [0.1, 0.15) is 11.6 Å². The molecule has 0 bridgehead atoms. The Morgan fingerprint density at radius 1 is 0.912 bits per heavy atom. The maximum absolute atomic E-state index is 14.6. The lowest BCUT2D eigenvalue weighted by molar-refractivity contribution is -0.114. The zero-order chi connectivity index (χ0) is 23.7. The molecule has 0 saturated heterocycles. The van der Waals surface area contributed by atoms with Crippen LogP contribution in [0.1, 0.15) is 6.92 Å². The van der Waals surface area contributed by atoms with Crippen molar-refractivity contribution in [2.75, 3.05) is 5.32 Å². The molecule has 8 heteroatoms. The Labute approximate surface area is 199 Å². The Morgan fingerprint density at radius 3 is 2.62 bits per heavy atom. The first-order valence-corrected chi connectivity index (χ1v) is 10.8. The van der Waals surface area contributed by atoms with Gasteiger partial charge in [0.05, 0.1) is 11.4 Å². The standard InChI is InChI=1S/C26H17ClFN5O/c1-15(34)31-25-6-2-5-23(32-25)17-10-16(13-29-14-17)20-12-24(21-11-18(27)7-8-22(21)28)33-26-19(20)4-3-9-30-26/h2-14H,1H3,(H,31,32,34). The van der Waals surface area contributed by atoms with Crippen LogP contribution < -0.4 is 5.32 Å². The van der Waals surface area contributed by atoms with Gasteiger partial charge in [-0.2, -0.15) is 0 Å². The molecule has 1 N–H and O–H groups in total. The number of hydrogen-bond donors (Lipinski definition) is 1. The molecule has 5 rings (SSSR count). The monoisotopic (exact) mass is 469 g/mol. The minimum Gasteiger partial charge on any atom is -0.311 e. The Kier molecular flexibility index (Phi) is 5.69. The van der Waals surface area contributed by atoms with Crippen LogP contribution in [0.25, 0.3) is 44.7 Å². The number of benzene rings is 1. The number of halogens is 2. The summed E-state index contributed by atoms with van der Waals surface area (Å²) < 4.78 is 14.6. The van der Waals surface area contributed by atoms with Gasteiger partial charge in [-0.05, 0) is 60.2 Å². The largest absolute Gasteiger partial charge is 0.311 e. The van der Waals surface area contributed by atoms with Crippen molar-refractivity contribution in [3.63, 3.8) is 0 Å². The van der Waals surface area contributed by atoms with E-state index in [9.17, 15) is 9.18 Å². The average molecular weight is 470 g/mol. The number of nitrogens with zero attached hydrogens (tertiary/aromatic N) is 4. The highest BCUT2D eigenvalue weighted by molar-refractivity contribution is 6.30. The summed E-state index contributed by atoms with van der Waals surface area (Å²) in [4.78, 5) is 29.3. The van der Waals surface area contributed by atoms with Gasteiger partial charge in [-0.3, -0.25) is 9.78 Å². The molecule has 0 unspecified atom stereocenters. The summed E-state index contributed by atoms with van der Waals surface area (Å²) in [6.07, 6.45) is 5.06. The van der Waals surface area contributed by atoms with Crippen LogP contribution in [0.2, 0.25) is 5.02 Å². The molecule has 0 aliphatic heterocycles. The number of aromatic nitrogens is 4. The number of hydrogen-bond acceptors (Lipinski definition) is 5. The predicted molar refractivity (Wildman–Crippen MR) is 131 cm³/mol. The summed E-state index contributed by atoms with van der Waals surface area (Å²) in [5.41, 5.74) is 4.17. The van der Waals surface area contributed by atoms with E-state index in [2.05, 4.69) is 25.3 Å². The second-order valence-corrected chi connectivity index (χ2v) is 8.04. The van der Waals surface area contributed by atoms with Crippen LogP contribution in [-0.4, -0.2) is 25.8 Å². The molecule has 0 saturated carbocycles. The third-order valence-electron chi connectivity index (χ3n) is 5.19. The highest BCUT2D eigenvalue weighted by Crippen LogP contribution is 2.34. The molecule has 0 fully saturated rings. The molecule has 0 aliphatic rings. The van der Waals surface area contributed by atoms with E-state index in [1.54, 1.807) is 36.8 Å². The molecule has 166 valence electrons. The number of carbonyl (C=O) groups is 1. The van der Waals surface area contributed by atoms with Crippen LogP contribution in [0.3, 0.4) is 0 Å². The van der Waals surface area contributed by atoms with Gasteiger partial charge in [-0.25, -0.2) is 19.3 Å². The highest BCUT2D eigenvalue weighted by atomic mass is 35.5. The van der Waals surface area contributed by atoms with E-state index >= 15 is 0 Å². The second-order valence-electron chi connectivity index (χ2n) is 7.61. The minimum absolute atomic E-state index is 0.201. The van der Waals surface area contributed by atoms with Crippen molar-refractivity contribution in [1.82, 2.24) is 19.9 Å². The SMILES string of the molecule is CC(=O)Nc1cccc(-c2cncc(-c3cc(-c4cc(Cl)ccc4F)nc4ncccc34)c2)n1. The van der Waals surface area contributed by atoms with Gasteiger partial charge in [0.25, 0.3) is 0 Å². The molecule has 0 spiro atoms. The zero-order valence-electron chi connectivity index (χ0n) is 18.0. The Morgan fingerprint density at radius 2 is 1.76 bits per heavy atom. The van der Waals surface area contributed by atoms with Gasteiger partial charge < -0.3 is 5.32 Å². The number of anilines is 1. The minimum atomic E-state index is -0.427. The lowest BCUT2D eigenvalue weighted by Crippen LogP contribution is -2.07. The second kappa shape index (κ2) is 8.96. The van der Waals surface area contributed by atoms with E-state index < -0.39 is 5.82 Å². The van der Waals surface area contributed by atoms with Crippen molar-refractivity contribution in [2.45, 2.75) is 6.92 Å². The molecular formula is C26H17ClFN5O. The van der Waals surface area contributed by atoms with Gasteiger partial charge in [-0.15, -0.1) is 0 Å². The van der Waals surface area contributed by atoms with Crippen molar-refractivity contribution in [3.8, 4) is 33.6 Å². The predicted octanol–water partition coefficient (Wildman–Crippen LogP) is 6.17. The average Bonchev–Trinajstić information content (AvgIpc) is 2.84. The smallest absolute Gasteiger partial charge is 0.222 e. The van der Waals surface area contributed by atoms with Crippen LogP contribution in [0.5, 0.6) is 0 Å². The summed E-state index contributed by atoms with van der Waals surface area (Å²) in [6.45, 7) is 1.43. The first kappa shape index (κ1) is 21.6. The number of carbonyl (C=O) groups excluding carboxylic acids is 1. The molecule has 34 heavy (non-hydrogen) atoms. The van der Waals surface area contributed by atoms with Crippen molar-refractivity contribution in [1.29, 1.82) is 0 Å². The molecule has 0 atom stereocenters. The molecule has 1 amide bonds. The molecule has 4 aromatic heterocycles. The van der Waals surface area contributed by atoms with Crippen molar-refractivity contribution in [2.24, 2.45) is 0 Å². The first-order valence-electron chi connectivity index (χ1n) is 10.4. The summed E-state index contributed by atoms with van der Waals surface area (Å²) in [5.74, 6) is -0.176. The summed E-state index contributed by atoms with van der Waals surface area (Å²) in [6, 6.07) is 17.2. The van der Waals surface area contributed by atoms with Gasteiger partial charge >= 0.3 is 0 Å². The molecule has 4 heterocycles. The molecule has 6 nitrogen and oxygen atoms in total. The number of pyridine rings is 4. The molecule has 0 aliphatic carbocycles. The normalized spacial score (nSPS) is 10.9. The molecular weight excluding hydrogens is 453 g/mol. The van der Waals surface area contributed by atoms with E-state index in [4.69, 9.17) is 11.6 Å². The number of fused-ring (bicyclic) bond motifs is 1. The van der Waals surface area contributed by atoms with Crippen LogP contribution in [0.15, 0.2) is 79.3 Å². The lowest BCUT2D eigenvalue weighted by atomic mass is 9.99. The maximum Gasteiger partial charge on any atom is 0.222 e. The number of rotatable bonds is 4. The summed E-state index contributed by atoms with van der Waals surface area (Å²) in [7, 11) is 0. The van der Waals surface area contributed by atoms with Gasteiger partial charge in [0, 0.05) is 52.6 Å². The van der Waals surface area contributed by atoms with E-state index in [1.165, 1.54) is 19.1 Å². The first-order chi connectivity index (χ1) is 16.5. The fraction of sp³-hybridized carbons (Fsp3) is 0.0385. The van der Waals surface area contributed by atoms with Crippen molar-refractivity contribution >= 4 is 34.4 Å².